The lowest BCUT2D eigenvalue weighted by Crippen LogP contribution is -2.12. The number of aromatic nitrogens is 2. The Labute approximate surface area is 107 Å². The van der Waals surface area contributed by atoms with Gasteiger partial charge in [0.1, 0.15) is 5.75 Å². The van der Waals surface area contributed by atoms with Crippen LogP contribution in [-0.4, -0.2) is 29.0 Å². The fraction of sp³-hybridized carbons (Fsp3) is 0.286. The molecule has 0 saturated heterocycles. The van der Waals surface area contributed by atoms with Gasteiger partial charge in [0.2, 0.25) is 5.88 Å². The number of ether oxygens (including phenoxy) is 1. The third-order valence-corrected chi connectivity index (χ3v) is 2.37. The van der Waals surface area contributed by atoms with Crippen molar-refractivity contribution < 1.29 is 4.74 Å². The highest BCUT2D eigenvalue weighted by molar-refractivity contribution is 5.30. The molecule has 1 aromatic heterocycles. The molecule has 0 aliphatic rings. The van der Waals surface area contributed by atoms with E-state index in [9.17, 15) is 0 Å². The van der Waals surface area contributed by atoms with Crippen LogP contribution in [0.1, 0.15) is 11.3 Å². The van der Waals surface area contributed by atoms with E-state index in [1.807, 2.05) is 50.2 Å². The van der Waals surface area contributed by atoms with Crippen LogP contribution < -0.4 is 4.74 Å². The Morgan fingerprint density at radius 1 is 1.17 bits per heavy atom. The maximum atomic E-state index is 5.63. The monoisotopic (exact) mass is 243 g/mol. The fourth-order valence-electron chi connectivity index (χ4n) is 1.60. The van der Waals surface area contributed by atoms with Crippen molar-refractivity contribution in [1.82, 2.24) is 14.9 Å². The van der Waals surface area contributed by atoms with Crippen molar-refractivity contribution in [3.05, 3.63) is 47.9 Å². The molecule has 4 heteroatoms. The Kier molecular flexibility index (Phi) is 3.89. The number of hydrogen-bond acceptors (Lipinski definition) is 4. The molecule has 0 amide bonds. The Hall–Kier alpha value is -1.94. The first-order valence-corrected chi connectivity index (χ1v) is 5.83. The van der Waals surface area contributed by atoms with Gasteiger partial charge >= 0.3 is 0 Å². The van der Waals surface area contributed by atoms with E-state index in [-0.39, 0.29) is 0 Å². The minimum atomic E-state index is 0.517. The molecule has 2 rings (SSSR count). The highest BCUT2D eigenvalue weighted by Crippen LogP contribution is 2.19. The zero-order valence-electron chi connectivity index (χ0n) is 10.9. The maximum Gasteiger partial charge on any atom is 0.237 e. The van der Waals surface area contributed by atoms with E-state index in [0.29, 0.717) is 5.88 Å². The summed E-state index contributed by atoms with van der Waals surface area (Å²) in [6.07, 6.45) is 3.40. The average molecular weight is 243 g/mol. The van der Waals surface area contributed by atoms with E-state index in [1.165, 1.54) is 0 Å². The van der Waals surface area contributed by atoms with Crippen molar-refractivity contribution >= 4 is 0 Å². The van der Waals surface area contributed by atoms with Crippen LogP contribution in [0.4, 0.5) is 0 Å². The minimum absolute atomic E-state index is 0.517. The second-order valence-electron chi connectivity index (χ2n) is 4.50. The largest absolute Gasteiger partial charge is 0.437 e. The van der Waals surface area contributed by atoms with Crippen LogP contribution in [-0.2, 0) is 6.54 Å². The van der Waals surface area contributed by atoms with Crippen molar-refractivity contribution in [2.24, 2.45) is 0 Å². The lowest BCUT2D eigenvalue weighted by molar-refractivity contribution is 0.393. The third kappa shape index (κ3) is 3.53. The summed E-state index contributed by atoms with van der Waals surface area (Å²) in [4.78, 5) is 10.6. The van der Waals surface area contributed by atoms with E-state index in [2.05, 4.69) is 9.97 Å². The Morgan fingerprint density at radius 2 is 2.00 bits per heavy atom. The molecule has 0 spiro atoms. The molecule has 0 bridgehead atoms. The molecule has 0 saturated carbocycles. The van der Waals surface area contributed by atoms with Gasteiger partial charge in [0.25, 0.3) is 0 Å². The molecule has 4 nitrogen and oxygen atoms in total. The summed E-state index contributed by atoms with van der Waals surface area (Å²) in [5.41, 5.74) is 2.08. The van der Waals surface area contributed by atoms with Crippen LogP contribution in [0.25, 0.3) is 0 Å². The molecule has 0 fully saturated rings. The smallest absolute Gasteiger partial charge is 0.237 e. The van der Waals surface area contributed by atoms with Gasteiger partial charge in [-0.2, -0.15) is 0 Å². The Bertz CT molecular complexity index is 509. The lowest BCUT2D eigenvalue weighted by atomic mass is 10.2. The number of rotatable bonds is 4. The molecule has 0 unspecified atom stereocenters. The van der Waals surface area contributed by atoms with E-state index >= 15 is 0 Å². The molecule has 94 valence electrons. The molecule has 0 N–H and O–H groups in total. The van der Waals surface area contributed by atoms with E-state index < -0.39 is 0 Å². The van der Waals surface area contributed by atoms with Crippen molar-refractivity contribution in [1.29, 1.82) is 0 Å². The van der Waals surface area contributed by atoms with Gasteiger partial charge in [-0.3, -0.25) is 4.98 Å². The summed E-state index contributed by atoms with van der Waals surface area (Å²) in [6.45, 7) is 2.80. The first-order chi connectivity index (χ1) is 8.63. The van der Waals surface area contributed by atoms with Crippen molar-refractivity contribution in [2.75, 3.05) is 14.1 Å². The quantitative estimate of drug-likeness (QED) is 0.827. The zero-order chi connectivity index (χ0) is 13.0. The SMILES string of the molecule is Cc1cccc(Oc2cnc(CN(C)C)cn2)c1. The van der Waals surface area contributed by atoms with Crippen molar-refractivity contribution in [2.45, 2.75) is 13.5 Å². The van der Waals surface area contributed by atoms with Gasteiger partial charge in [0.05, 0.1) is 18.1 Å². The molecule has 0 aliphatic carbocycles. The molecule has 0 aliphatic heterocycles. The van der Waals surface area contributed by atoms with Gasteiger partial charge in [0.15, 0.2) is 0 Å². The third-order valence-electron chi connectivity index (χ3n) is 2.37. The van der Waals surface area contributed by atoms with Crippen LogP contribution in [0.3, 0.4) is 0 Å². The van der Waals surface area contributed by atoms with E-state index in [1.54, 1.807) is 12.4 Å². The van der Waals surface area contributed by atoms with Gasteiger partial charge < -0.3 is 9.64 Å². The predicted octanol–water partition coefficient (Wildman–Crippen LogP) is 2.64. The summed E-state index contributed by atoms with van der Waals surface area (Å²) in [5.74, 6) is 1.30. The Balaban J connectivity index is 2.06. The molecule has 1 heterocycles. The van der Waals surface area contributed by atoms with Crippen molar-refractivity contribution in [3.63, 3.8) is 0 Å². The molecular formula is C14H17N3O. The van der Waals surface area contributed by atoms with Gasteiger partial charge in [-0.15, -0.1) is 0 Å². The summed E-state index contributed by atoms with van der Waals surface area (Å²) < 4.78 is 5.63. The normalized spacial score (nSPS) is 10.7. The minimum Gasteiger partial charge on any atom is -0.437 e. The number of aryl methyl sites for hydroxylation is 1. The van der Waals surface area contributed by atoms with Crippen LogP contribution >= 0.6 is 0 Å². The van der Waals surface area contributed by atoms with E-state index in [4.69, 9.17) is 4.74 Å². The van der Waals surface area contributed by atoms with Crippen LogP contribution in [0.5, 0.6) is 11.6 Å². The molecule has 0 atom stereocenters. The highest BCUT2D eigenvalue weighted by atomic mass is 16.5. The molecule has 2 aromatic rings. The fourth-order valence-corrected chi connectivity index (χ4v) is 1.60. The maximum absolute atomic E-state index is 5.63. The summed E-state index contributed by atoms with van der Waals surface area (Å²) in [6, 6.07) is 7.86. The highest BCUT2D eigenvalue weighted by Gasteiger charge is 2.01. The molecule has 18 heavy (non-hydrogen) atoms. The second kappa shape index (κ2) is 5.60. The van der Waals surface area contributed by atoms with Crippen LogP contribution in [0.15, 0.2) is 36.7 Å². The first kappa shape index (κ1) is 12.5. The average Bonchev–Trinajstić information content (AvgIpc) is 2.31. The number of hydrogen-bond donors (Lipinski definition) is 0. The molecular weight excluding hydrogens is 226 g/mol. The van der Waals surface area contributed by atoms with Gasteiger partial charge in [-0.05, 0) is 38.7 Å². The van der Waals surface area contributed by atoms with Gasteiger partial charge in [-0.25, -0.2) is 4.98 Å². The zero-order valence-corrected chi connectivity index (χ0v) is 10.9. The number of benzene rings is 1. The van der Waals surface area contributed by atoms with Crippen molar-refractivity contribution in [3.8, 4) is 11.6 Å². The topological polar surface area (TPSA) is 38.2 Å². The Morgan fingerprint density at radius 3 is 2.61 bits per heavy atom. The standard InChI is InChI=1S/C14H17N3O/c1-11-5-4-6-13(7-11)18-14-9-15-12(8-16-14)10-17(2)3/h4-9H,10H2,1-3H3. The second-order valence-corrected chi connectivity index (χ2v) is 4.50. The summed E-state index contributed by atoms with van der Waals surface area (Å²) >= 11 is 0. The lowest BCUT2D eigenvalue weighted by Gasteiger charge is -2.09. The number of nitrogens with zero attached hydrogens (tertiary/aromatic N) is 3. The van der Waals surface area contributed by atoms with Crippen LogP contribution in [0, 0.1) is 6.92 Å². The van der Waals surface area contributed by atoms with Gasteiger partial charge in [-0.1, -0.05) is 12.1 Å². The molecule has 0 radical (unpaired) electrons. The predicted molar refractivity (Wildman–Crippen MR) is 70.7 cm³/mol. The van der Waals surface area contributed by atoms with Gasteiger partial charge in [0, 0.05) is 6.54 Å². The van der Waals surface area contributed by atoms with E-state index in [0.717, 1.165) is 23.6 Å². The summed E-state index contributed by atoms with van der Waals surface area (Å²) in [7, 11) is 4.00. The molecule has 1 aromatic carbocycles. The first-order valence-electron chi connectivity index (χ1n) is 5.83. The van der Waals surface area contributed by atoms with Crippen LogP contribution in [0.2, 0.25) is 0 Å². The summed E-state index contributed by atoms with van der Waals surface area (Å²) in [5, 5.41) is 0.